The molecule has 1 saturated heterocycles. The Hall–Kier alpha value is -3.17. The van der Waals surface area contributed by atoms with E-state index in [2.05, 4.69) is 6.58 Å². The Labute approximate surface area is 168 Å². The fourth-order valence-electron chi connectivity index (χ4n) is 2.31. The fraction of sp³-hybridized carbons (Fsp3) is 0.667. The number of rotatable bonds is 11. The number of nitrogens with zero attached hydrogens (tertiary/aromatic N) is 2. The number of aliphatic hydroxyl groups is 2. The molecule has 0 unspecified atom stereocenters. The van der Waals surface area contributed by atoms with Gasteiger partial charge in [0.1, 0.15) is 31.7 Å². The topological polar surface area (TPSA) is 215 Å². The second kappa shape index (κ2) is 11.7. The van der Waals surface area contributed by atoms with Gasteiger partial charge < -0.3 is 29.2 Å². The summed E-state index contributed by atoms with van der Waals surface area (Å²) in [5.74, 6) is -3.19. The number of ether oxygens (including phenoxy) is 4. The number of hydrogen-bond donors (Lipinski definition) is 2. The zero-order chi connectivity index (χ0) is 22.8. The molecule has 0 amide bonds. The van der Waals surface area contributed by atoms with Gasteiger partial charge in [0.05, 0.1) is 0 Å². The average molecular weight is 436 g/mol. The second-order valence-electron chi connectivity index (χ2n) is 5.91. The van der Waals surface area contributed by atoms with Crippen molar-refractivity contribution in [2.75, 3.05) is 19.7 Å². The first kappa shape index (κ1) is 24.9. The van der Waals surface area contributed by atoms with E-state index < -0.39 is 91.0 Å². The molecule has 0 spiro atoms. The van der Waals surface area contributed by atoms with Crippen LogP contribution < -0.4 is 0 Å². The lowest BCUT2D eigenvalue weighted by molar-refractivity contribution is -0.479. The molecule has 2 N–H and O–H groups in total. The summed E-state index contributed by atoms with van der Waals surface area (Å²) in [6, 6.07) is 0. The molecule has 0 radical (unpaired) electrons. The van der Waals surface area contributed by atoms with Gasteiger partial charge in [-0.1, -0.05) is 6.58 Å². The number of carbonyl (C=O) groups is 3. The van der Waals surface area contributed by atoms with E-state index in [0.29, 0.717) is 0 Å². The molecule has 1 heterocycles. The first-order chi connectivity index (χ1) is 14.0. The molecule has 1 aliphatic heterocycles. The molecular formula is C15H20N2O13. The molecule has 15 nitrogen and oxygen atoms in total. The van der Waals surface area contributed by atoms with Crippen LogP contribution in [0.1, 0.15) is 12.8 Å². The highest BCUT2D eigenvalue weighted by atomic mass is 16.7. The minimum atomic E-state index is -1.98. The third-order valence-electron chi connectivity index (χ3n) is 3.73. The van der Waals surface area contributed by atoms with Crippen molar-refractivity contribution in [1.29, 1.82) is 0 Å². The van der Waals surface area contributed by atoms with E-state index in [-0.39, 0.29) is 0 Å². The van der Waals surface area contributed by atoms with Gasteiger partial charge in [0, 0.05) is 15.9 Å². The highest BCUT2D eigenvalue weighted by molar-refractivity contribution is 5.81. The molecule has 5 atom stereocenters. The number of carbonyl (C=O) groups excluding carboxylic acids is 3. The smallest absolute Gasteiger partial charge is 0.330 e. The summed E-state index contributed by atoms with van der Waals surface area (Å²) in [5, 5.41) is 41.2. The lowest BCUT2D eigenvalue weighted by Crippen LogP contribution is -2.61. The maximum Gasteiger partial charge on any atom is 0.330 e. The summed E-state index contributed by atoms with van der Waals surface area (Å²) < 4.78 is 19.5. The van der Waals surface area contributed by atoms with Gasteiger partial charge in [0.2, 0.25) is 13.1 Å². The Morgan fingerprint density at radius 2 is 1.50 bits per heavy atom. The predicted octanol–water partition coefficient (Wildman–Crippen LogP) is -2.05. The van der Waals surface area contributed by atoms with Gasteiger partial charge in [-0.05, 0) is 0 Å². The van der Waals surface area contributed by atoms with Crippen LogP contribution in [0.5, 0.6) is 0 Å². The largest absolute Gasteiger partial charge is 0.460 e. The van der Waals surface area contributed by atoms with E-state index in [9.17, 15) is 44.8 Å². The molecule has 15 heteroatoms. The van der Waals surface area contributed by atoms with Gasteiger partial charge in [0.25, 0.3) is 0 Å². The van der Waals surface area contributed by atoms with Crippen molar-refractivity contribution in [2.45, 2.75) is 43.5 Å². The van der Waals surface area contributed by atoms with Crippen molar-refractivity contribution < 1.29 is 53.4 Å². The molecule has 1 fully saturated rings. The van der Waals surface area contributed by atoms with Gasteiger partial charge in [-0.3, -0.25) is 29.8 Å². The molecular weight excluding hydrogens is 416 g/mol. The Bertz CT molecular complexity index is 681. The highest BCUT2D eigenvalue weighted by Gasteiger charge is 2.49. The fourth-order valence-corrected chi connectivity index (χ4v) is 2.31. The minimum Gasteiger partial charge on any atom is -0.460 e. The van der Waals surface area contributed by atoms with Crippen molar-refractivity contribution >= 4 is 17.9 Å². The third-order valence-corrected chi connectivity index (χ3v) is 3.73. The van der Waals surface area contributed by atoms with Crippen molar-refractivity contribution in [3.8, 4) is 0 Å². The van der Waals surface area contributed by atoms with Crippen LogP contribution in [0, 0.1) is 20.2 Å². The molecule has 0 aromatic heterocycles. The van der Waals surface area contributed by atoms with E-state index in [1.54, 1.807) is 0 Å². The van der Waals surface area contributed by atoms with Crippen molar-refractivity contribution in [1.82, 2.24) is 0 Å². The highest BCUT2D eigenvalue weighted by Crippen LogP contribution is 2.26. The lowest BCUT2D eigenvalue weighted by atomic mass is 9.98. The van der Waals surface area contributed by atoms with Crippen LogP contribution in [0.2, 0.25) is 0 Å². The number of hydrogen-bond acceptors (Lipinski definition) is 13. The molecule has 0 aromatic rings. The Morgan fingerprint density at radius 3 is 1.97 bits per heavy atom. The van der Waals surface area contributed by atoms with Crippen LogP contribution in [-0.4, -0.2) is 88.4 Å². The molecule has 1 rings (SSSR count). The first-order valence-electron chi connectivity index (χ1n) is 8.48. The lowest BCUT2D eigenvalue weighted by Gasteiger charge is -2.41. The molecule has 168 valence electrons. The van der Waals surface area contributed by atoms with Crippen molar-refractivity contribution in [2.24, 2.45) is 0 Å². The zero-order valence-electron chi connectivity index (χ0n) is 15.5. The van der Waals surface area contributed by atoms with Crippen LogP contribution in [0.25, 0.3) is 0 Å². The van der Waals surface area contributed by atoms with Crippen LogP contribution >= 0.6 is 0 Å². The van der Waals surface area contributed by atoms with Gasteiger partial charge in [-0.2, -0.15) is 0 Å². The third kappa shape index (κ3) is 8.06. The maximum atomic E-state index is 11.8. The summed E-state index contributed by atoms with van der Waals surface area (Å²) >= 11 is 0. The molecule has 0 aromatic carbocycles. The van der Waals surface area contributed by atoms with Crippen LogP contribution in [-0.2, 0) is 33.3 Å². The van der Waals surface area contributed by atoms with Crippen LogP contribution in [0.3, 0.4) is 0 Å². The molecule has 30 heavy (non-hydrogen) atoms. The van der Waals surface area contributed by atoms with E-state index in [0.717, 1.165) is 6.08 Å². The number of esters is 3. The van der Waals surface area contributed by atoms with E-state index in [4.69, 9.17) is 18.9 Å². The van der Waals surface area contributed by atoms with Gasteiger partial charge in [-0.25, -0.2) is 4.79 Å². The van der Waals surface area contributed by atoms with Crippen molar-refractivity contribution in [3.63, 3.8) is 0 Å². The standard InChI is InChI=1S/C15H20N2O13/c1-2-9(18)27-7-8-12(21)13(29-10(19)3-5-16(23)24)14(15(22)28-8)30-11(20)4-6-17(25)26/h2,8,12-15,21-22H,1,3-7H2/t8-,12-,13+,14-,15+/m1/s1. The molecule has 0 saturated carbocycles. The van der Waals surface area contributed by atoms with Crippen LogP contribution in [0.15, 0.2) is 12.7 Å². The van der Waals surface area contributed by atoms with Crippen LogP contribution in [0.4, 0.5) is 0 Å². The first-order valence-corrected chi connectivity index (χ1v) is 8.48. The normalized spacial score (nSPS) is 25.6. The zero-order valence-corrected chi connectivity index (χ0v) is 15.5. The summed E-state index contributed by atoms with van der Waals surface area (Å²) in [6.07, 6.45) is -9.32. The molecule has 0 aliphatic carbocycles. The Morgan fingerprint density at radius 1 is 1.00 bits per heavy atom. The number of nitro groups is 2. The van der Waals surface area contributed by atoms with E-state index in [1.807, 2.05) is 0 Å². The average Bonchev–Trinajstić information content (AvgIpc) is 2.68. The SMILES string of the molecule is C=CC(=O)OC[C@H]1O[C@H](O)[C@H](OC(=O)CC[N+](=O)[O-])[C@@H](OC(=O)CC[N+](=O)[O-])[C@@H]1O. The molecule has 0 bridgehead atoms. The second-order valence-corrected chi connectivity index (χ2v) is 5.91. The quantitative estimate of drug-likeness (QED) is 0.117. The summed E-state index contributed by atoms with van der Waals surface area (Å²) in [6.45, 7) is 0.999. The minimum absolute atomic E-state index is 0.603. The summed E-state index contributed by atoms with van der Waals surface area (Å²) in [4.78, 5) is 53.9. The van der Waals surface area contributed by atoms with Gasteiger partial charge in [-0.15, -0.1) is 0 Å². The van der Waals surface area contributed by atoms with Gasteiger partial charge >= 0.3 is 17.9 Å². The maximum absolute atomic E-state index is 11.8. The Kier molecular flexibility index (Phi) is 9.73. The number of aliphatic hydroxyl groups excluding tert-OH is 2. The molecule has 1 aliphatic rings. The predicted molar refractivity (Wildman–Crippen MR) is 90.8 cm³/mol. The van der Waals surface area contributed by atoms with Gasteiger partial charge in [0.15, 0.2) is 18.5 Å². The van der Waals surface area contributed by atoms with E-state index in [1.165, 1.54) is 0 Å². The summed E-state index contributed by atoms with van der Waals surface area (Å²) in [5.41, 5.74) is 0. The Balaban J connectivity index is 2.93. The van der Waals surface area contributed by atoms with Crippen molar-refractivity contribution in [3.05, 3.63) is 32.9 Å². The van der Waals surface area contributed by atoms with E-state index >= 15 is 0 Å². The summed E-state index contributed by atoms with van der Waals surface area (Å²) in [7, 11) is 0. The monoisotopic (exact) mass is 436 g/mol.